The molecule has 0 spiro atoms. The van der Waals surface area contributed by atoms with Gasteiger partial charge in [-0.2, -0.15) is 4.39 Å². The maximum atomic E-state index is 13.9. The van der Waals surface area contributed by atoms with E-state index in [1.165, 1.54) is 32.3 Å². The molecule has 1 unspecified atom stereocenters. The van der Waals surface area contributed by atoms with Gasteiger partial charge in [-0.1, -0.05) is 11.6 Å². The molecule has 0 saturated carbocycles. The molecule has 0 radical (unpaired) electrons. The molecular weight excluding hydrogens is 477 g/mol. The summed E-state index contributed by atoms with van der Waals surface area (Å²) >= 11 is 6.71. The number of piperazine rings is 1. The number of likely N-dealkylation sites (N-methyl/N-ethyl adjacent to an activating group) is 1. The van der Waals surface area contributed by atoms with Crippen LogP contribution in [0.15, 0.2) is 36.1 Å². The van der Waals surface area contributed by atoms with E-state index in [-0.39, 0.29) is 25.0 Å². The summed E-state index contributed by atoms with van der Waals surface area (Å²) in [5.41, 5.74) is 0.610. The molecule has 1 fully saturated rings. The van der Waals surface area contributed by atoms with Crippen LogP contribution in [0.5, 0.6) is 0 Å². The summed E-state index contributed by atoms with van der Waals surface area (Å²) in [7, 11) is 1.44. The number of halogens is 2. The van der Waals surface area contributed by atoms with Crippen LogP contribution in [-0.2, 0) is 14.3 Å². The van der Waals surface area contributed by atoms with Crippen LogP contribution in [0.1, 0.15) is 40.2 Å². The summed E-state index contributed by atoms with van der Waals surface area (Å²) in [6, 6.07) is 1.86. The molecule has 2 N–H and O–H groups in total. The minimum absolute atomic E-state index is 0.122. The Morgan fingerprint density at radius 3 is 2.54 bits per heavy atom. The van der Waals surface area contributed by atoms with Crippen molar-refractivity contribution in [3.8, 4) is 0 Å². The van der Waals surface area contributed by atoms with Crippen molar-refractivity contribution in [1.82, 2.24) is 25.4 Å². The second kappa shape index (κ2) is 9.85. The molecule has 2 aliphatic heterocycles. The Bertz CT molecular complexity index is 1090. The van der Waals surface area contributed by atoms with Gasteiger partial charge >= 0.3 is 6.09 Å². The normalized spacial score (nSPS) is 24.7. The van der Waals surface area contributed by atoms with Crippen molar-refractivity contribution >= 4 is 35.2 Å². The number of nitrogens with zero attached hydrogens (tertiary/aromatic N) is 3. The number of ether oxygens (including phenoxy) is 1. The highest BCUT2D eigenvalue weighted by Crippen LogP contribution is 2.33. The molecule has 3 heterocycles. The van der Waals surface area contributed by atoms with Crippen LogP contribution in [0.4, 0.5) is 9.18 Å². The van der Waals surface area contributed by atoms with E-state index in [9.17, 15) is 18.8 Å². The molecular formula is C24H31ClFN5O4. The third-order valence-corrected chi connectivity index (χ3v) is 6.12. The van der Waals surface area contributed by atoms with Gasteiger partial charge in [0.15, 0.2) is 0 Å². The first-order valence-electron chi connectivity index (χ1n) is 11.3. The second-order valence-corrected chi connectivity index (χ2v) is 10.3. The molecule has 3 amide bonds. The van der Waals surface area contributed by atoms with Crippen LogP contribution in [-0.4, -0.2) is 75.5 Å². The van der Waals surface area contributed by atoms with E-state index in [4.69, 9.17) is 16.3 Å². The summed E-state index contributed by atoms with van der Waals surface area (Å²) in [6.07, 6.45) is 4.01. The van der Waals surface area contributed by atoms with E-state index in [0.717, 1.165) is 0 Å². The zero-order chi connectivity index (χ0) is 26.1. The van der Waals surface area contributed by atoms with Crippen molar-refractivity contribution in [1.29, 1.82) is 0 Å². The summed E-state index contributed by atoms with van der Waals surface area (Å²) in [5, 5.41) is 5.47. The number of hydrogen-bond acceptors (Lipinski definition) is 6. The van der Waals surface area contributed by atoms with Crippen LogP contribution in [0.2, 0.25) is 0 Å². The van der Waals surface area contributed by atoms with Crippen molar-refractivity contribution in [2.24, 2.45) is 0 Å². The molecule has 3 atom stereocenters. The standard InChI is InChI=1S/C24H31ClFN5O4/c1-14-12-31(15(2)32)19(13-30(14)22(34)35-23(3,4)5)17-9-18(16-7-8-28-20(26)10-16)29-24(25,11-17)21(33)27-6/h7-11,14,19,29H,12-13H2,1-6H3,(H,27,33)/t14-,19-,24?/m0/s1. The second-order valence-electron chi connectivity index (χ2n) is 9.65. The molecule has 11 heteroatoms. The number of nitrogens with one attached hydrogen (secondary N) is 2. The molecule has 0 bridgehead atoms. The fraction of sp³-hybridized carbons (Fsp3) is 0.500. The van der Waals surface area contributed by atoms with Crippen LogP contribution < -0.4 is 10.6 Å². The number of rotatable bonds is 3. The Hall–Kier alpha value is -3.14. The fourth-order valence-electron chi connectivity index (χ4n) is 4.11. The average molecular weight is 508 g/mol. The van der Waals surface area contributed by atoms with E-state index in [0.29, 0.717) is 16.8 Å². The number of dihydropyridines is 1. The molecule has 1 aromatic rings. The topological polar surface area (TPSA) is 104 Å². The van der Waals surface area contributed by atoms with Gasteiger partial charge in [0.1, 0.15) is 5.60 Å². The Morgan fingerprint density at radius 1 is 1.29 bits per heavy atom. The SMILES string of the molecule is CNC(=O)C1(Cl)C=C([C@@H]2CN(C(=O)OC(C)(C)C)[C@@H](C)CN2C(C)=O)C=C(c2ccnc(F)c2)N1. The highest BCUT2D eigenvalue weighted by molar-refractivity contribution is 6.36. The monoisotopic (exact) mass is 507 g/mol. The lowest BCUT2D eigenvalue weighted by Crippen LogP contribution is -2.61. The zero-order valence-corrected chi connectivity index (χ0v) is 21.4. The van der Waals surface area contributed by atoms with E-state index < -0.39 is 34.6 Å². The lowest BCUT2D eigenvalue weighted by molar-refractivity contribution is -0.134. The smallest absolute Gasteiger partial charge is 0.410 e. The number of alkyl halides is 1. The van der Waals surface area contributed by atoms with Gasteiger partial charge in [0.2, 0.25) is 16.9 Å². The maximum absolute atomic E-state index is 13.9. The Kier molecular flexibility index (Phi) is 7.45. The van der Waals surface area contributed by atoms with Crippen molar-refractivity contribution in [2.45, 2.75) is 57.3 Å². The largest absolute Gasteiger partial charge is 0.444 e. The minimum Gasteiger partial charge on any atom is -0.444 e. The predicted octanol–water partition coefficient (Wildman–Crippen LogP) is 2.63. The van der Waals surface area contributed by atoms with Gasteiger partial charge in [0.05, 0.1) is 6.04 Å². The van der Waals surface area contributed by atoms with E-state index >= 15 is 0 Å². The quantitative estimate of drug-likeness (QED) is 0.370. The summed E-state index contributed by atoms with van der Waals surface area (Å²) in [6.45, 7) is 9.00. The number of aromatic nitrogens is 1. The van der Waals surface area contributed by atoms with Crippen molar-refractivity contribution in [3.63, 3.8) is 0 Å². The van der Waals surface area contributed by atoms with Crippen molar-refractivity contribution in [3.05, 3.63) is 47.6 Å². The highest BCUT2D eigenvalue weighted by Gasteiger charge is 2.43. The lowest BCUT2D eigenvalue weighted by Gasteiger charge is -2.46. The molecule has 1 aromatic heterocycles. The van der Waals surface area contributed by atoms with Crippen LogP contribution in [0, 0.1) is 5.95 Å². The summed E-state index contributed by atoms with van der Waals surface area (Å²) in [4.78, 5) is 43.3. The van der Waals surface area contributed by atoms with Crippen LogP contribution >= 0.6 is 11.6 Å². The summed E-state index contributed by atoms with van der Waals surface area (Å²) in [5.74, 6) is -1.44. The first-order valence-corrected chi connectivity index (χ1v) is 11.6. The fourth-order valence-corrected chi connectivity index (χ4v) is 4.43. The first-order chi connectivity index (χ1) is 16.2. The number of hydrogen-bond donors (Lipinski definition) is 2. The number of pyridine rings is 1. The van der Waals surface area contributed by atoms with E-state index in [1.807, 2.05) is 6.92 Å². The van der Waals surface area contributed by atoms with Gasteiger partial charge < -0.3 is 25.2 Å². The number of carbonyl (C=O) groups excluding carboxylic acids is 3. The third kappa shape index (κ3) is 5.93. The van der Waals surface area contributed by atoms with Crippen molar-refractivity contribution in [2.75, 3.05) is 20.1 Å². The number of amides is 3. The van der Waals surface area contributed by atoms with Gasteiger partial charge in [-0.25, -0.2) is 9.78 Å². The lowest BCUT2D eigenvalue weighted by atomic mass is 9.92. The Morgan fingerprint density at radius 2 is 1.97 bits per heavy atom. The molecule has 1 saturated heterocycles. The van der Waals surface area contributed by atoms with Gasteiger partial charge in [0.25, 0.3) is 5.91 Å². The average Bonchev–Trinajstić information content (AvgIpc) is 2.76. The summed E-state index contributed by atoms with van der Waals surface area (Å²) < 4.78 is 19.5. The van der Waals surface area contributed by atoms with Crippen molar-refractivity contribution < 1.29 is 23.5 Å². The minimum atomic E-state index is -1.71. The Balaban J connectivity index is 2.08. The van der Waals surface area contributed by atoms with Gasteiger partial charge in [0, 0.05) is 56.6 Å². The highest BCUT2D eigenvalue weighted by atomic mass is 35.5. The predicted molar refractivity (Wildman–Crippen MR) is 130 cm³/mol. The van der Waals surface area contributed by atoms with Crippen LogP contribution in [0.25, 0.3) is 5.70 Å². The molecule has 3 rings (SSSR count). The zero-order valence-electron chi connectivity index (χ0n) is 20.7. The first kappa shape index (κ1) is 26.5. The number of carbonyl (C=O) groups is 3. The van der Waals surface area contributed by atoms with E-state index in [2.05, 4.69) is 15.6 Å². The molecule has 190 valence electrons. The van der Waals surface area contributed by atoms with E-state index in [1.54, 1.807) is 42.7 Å². The molecule has 2 aliphatic rings. The molecule has 9 nitrogen and oxygen atoms in total. The molecule has 0 aliphatic carbocycles. The molecule has 35 heavy (non-hydrogen) atoms. The maximum Gasteiger partial charge on any atom is 0.410 e. The van der Waals surface area contributed by atoms with Crippen LogP contribution in [0.3, 0.4) is 0 Å². The third-order valence-electron chi connectivity index (χ3n) is 5.74. The molecule has 0 aromatic carbocycles. The van der Waals surface area contributed by atoms with Gasteiger partial charge in [-0.3, -0.25) is 9.59 Å². The van der Waals surface area contributed by atoms with Gasteiger partial charge in [-0.05, 0) is 51.5 Å². The Labute approximate surface area is 209 Å². The van der Waals surface area contributed by atoms with Gasteiger partial charge in [-0.15, -0.1) is 0 Å².